The van der Waals surface area contributed by atoms with E-state index < -0.39 is 0 Å². The van der Waals surface area contributed by atoms with Gasteiger partial charge in [-0.25, -0.2) is 4.79 Å². The van der Waals surface area contributed by atoms with Crippen molar-refractivity contribution in [3.8, 4) is 0 Å². The fraction of sp³-hybridized carbons (Fsp3) is 0.607. The van der Waals surface area contributed by atoms with E-state index >= 15 is 0 Å². The zero-order valence-corrected chi connectivity index (χ0v) is 21.0. The maximum absolute atomic E-state index is 11.8. The Morgan fingerprint density at radius 3 is 1.43 bits per heavy atom. The van der Waals surface area contributed by atoms with Gasteiger partial charge in [0.05, 0.1) is 6.61 Å². The Labute approximate surface area is 186 Å². The van der Waals surface area contributed by atoms with Gasteiger partial charge >= 0.3 is 5.97 Å². The van der Waals surface area contributed by atoms with Crippen LogP contribution >= 0.6 is 0 Å². The topological polar surface area (TPSA) is 26.3 Å². The lowest BCUT2D eigenvalue weighted by Gasteiger charge is -2.06. The van der Waals surface area contributed by atoms with Gasteiger partial charge in [0.1, 0.15) is 0 Å². The second kappa shape index (κ2) is 16.9. The summed E-state index contributed by atoms with van der Waals surface area (Å²) in [7, 11) is 0. The summed E-state index contributed by atoms with van der Waals surface area (Å²) in [6.45, 7) is 17.2. The summed E-state index contributed by atoms with van der Waals surface area (Å²) >= 11 is 0. The molecule has 0 unspecified atom stereocenters. The minimum atomic E-state index is -0.186. The second-order valence-corrected chi connectivity index (χ2v) is 8.71. The molecule has 0 spiro atoms. The summed E-state index contributed by atoms with van der Waals surface area (Å²) in [4.78, 5) is 11.8. The lowest BCUT2D eigenvalue weighted by Crippen LogP contribution is -2.07. The summed E-state index contributed by atoms with van der Waals surface area (Å²) in [5.41, 5.74) is 7.70. The van der Waals surface area contributed by atoms with Crippen LogP contribution in [0.15, 0.2) is 57.7 Å². The first-order chi connectivity index (χ1) is 14.2. The molecule has 0 atom stereocenters. The molecule has 2 heteroatoms. The van der Waals surface area contributed by atoms with Crippen molar-refractivity contribution in [3.05, 3.63) is 57.7 Å². The molecule has 0 aliphatic heterocycles. The molecule has 0 fully saturated rings. The fourth-order valence-electron chi connectivity index (χ4n) is 3.12. The van der Waals surface area contributed by atoms with E-state index in [2.05, 4.69) is 58.9 Å². The highest BCUT2D eigenvalue weighted by molar-refractivity contribution is 5.88. The van der Waals surface area contributed by atoms with Crippen LogP contribution in [0.3, 0.4) is 0 Å². The third-order valence-corrected chi connectivity index (χ3v) is 5.39. The molecule has 30 heavy (non-hydrogen) atoms. The third kappa shape index (κ3) is 15.1. The number of hydrogen-bond acceptors (Lipinski definition) is 2. The molecule has 0 amide bonds. The van der Waals surface area contributed by atoms with Gasteiger partial charge in [-0.15, -0.1) is 0 Å². The van der Waals surface area contributed by atoms with Crippen molar-refractivity contribution in [1.82, 2.24) is 0 Å². The van der Waals surface area contributed by atoms with Gasteiger partial charge in [0.15, 0.2) is 0 Å². The van der Waals surface area contributed by atoms with E-state index in [-0.39, 0.29) is 5.97 Å². The van der Waals surface area contributed by atoms with Gasteiger partial charge in [-0.3, -0.25) is 0 Å². The van der Waals surface area contributed by atoms with Crippen LogP contribution in [-0.2, 0) is 9.53 Å². The highest BCUT2D eigenvalue weighted by Gasteiger charge is 2.07. The molecule has 0 saturated carbocycles. The molecular formula is C28H46O2. The molecule has 170 valence electrons. The van der Waals surface area contributed by atoms with Crippen molar-refractivity contribution in [1.29, 1.82) is 0 Å². The Kier molecular flexibility index (Phi) is 15.9. The highest BCUT2D eigenvalue weighted by Crippen LogP contribution is 2.16. The molecule has 0 bridgehead atoms. The number of rotatable bonds is 14. The van der Waals surface area contributed by atoms with Gasteiger partial charge < -0.3 is 4.74 Å². The van der Waals surface area contributed by atoms with Gasteiger partial charge in [-0.05, 0) is 107 Å². The summed E-state index contributed by atoms with van der Waals surface area (Å²) < 4.78 is 5.07. The minimum absolute atomic E-state index is 0.186. The van der Waals surface area contributed by atoms with E-state index in [0.29, 0.717) is 6.61 Å². The lowest BCUT2D eigenvalue weighted by atomic mass is 10.0. The minimum Gasteiger partial charge on any atom is -0.463 e. The van der Waals surface area contributed by atoms with E-state index in [4.69, 9.17) is 4.74 Å². The van der Waals surface area contributed by atoms with Crippen molar-refractivity contribution in [2.24, 2.45) is 0 Å². The molecule has 0 aromatic heterocycles. The summed E-state index contributed by atoms with van der Waals surface area (Å²) in [6, 6.07) is 0. The Morgan fingerprint density at radius 2 is 1.03 bits per heavy atom. The van der Waals surface area contributed by atoms with E-state index in [1.165, 1.54) is 28.7 Å². The molecule has 0 saturated heterocycles. The van der Waals surface area contributed by atoms with E-state index in [1.54, 1.807) is 0 Å². The molecule has 0 N–H and O–H groups in total. The van der Waals surface area contributed by atoms with Crippen LogP contribution in [0.2, 0.25) is 0 Å². The third-order valence-electron chi connectivity index (χ3n) is 5.39. The van der Waals surface area contributed by atoms with Crippen LogP contribution in [0.1, 0.15) is 107 Å². The average molecular weight is 415 g/mol. The first-order valence-electron chi connectivity index (χ1n) is 11.6. The molecule has 0 aliphatic rings. The molecule has 0 radical (unpaired) electrons. The first-order valence-corrected chi connectivity index (χ1v) is 11.6. The zero-order valence-electron chi connectivity index (χ0n) is 21.0. The summed E-state index contributed by atoms with van der Waals surface area (Å²) in [6.07, 6.45) is 18.1. The van der Waals surface area contributed by atoms with Crippen LogP contribution in [0.4, 0.5) is 0 Å². The molecule has 0 aromatic carbocycles. The molecule has 0 heterocycles. The molecular weight excluding hydrogens is 368 g/mol. The van der Waals surface area contributed by atoms with Crippen LogP contribution in [0.5, 0.6) is 0 Å². The molecule has 0 rings (SSSR count). The molecule has 2 nitrogen and oxygen atoms in total. The predicted molar refractivity (Wildman–Crippen MR) is 133 cm³/mol. The Bertz CT molecular complexity index is 665. The van der Waals surface area contributed by atoms with Gasteiger partial charge in [-0.1, -0.05) is 52.2 Å². The van der Waals surface area contributed by atoms with Crippen molar-refractivity contribution in [3.63, 3.8) is 0 Å². The number of esters is 1. The van der Waals surface area contributed by atoms with Gasteiger partial charge in [0.25, 0.3) is 0 Å². The van der Waals surface area contributed by atoms with E-state index in [0.717, 1.165) is 56.1 Å². The van der Waals surface area contributed by atoms with Gasteiger partial charge in [0, 0.05) is 5.57 Å². The fourth-order valence-corrected chi connectivity index (χ4v) is 3.12. The zero-order chi connectivity index (χ0) is 22.9. The molecule has 0 aliphatic carbocycles. The monoisotopic (exact) mass is 414 g/mol. The maximum Gasteiger partial charge on any atom is 0.333 e. The largest absolute Gasteiger partial charge is 0.463 e. The standard InChI is InChI=1S/C28H46O2/c1-9-30-28(29)27(8)26(7)21-13-20-25(6)19-12-18-24(5)17-11-16-23(4)15-10-14-22(2)3/h14,16,18,20H,9-13,15,17,19,21H2,1-8H3/b23-16+,24-18+,25-20+,27-26+. The van der Waals surface area contributed by atoms with Crippen molar-refractivity contribution in [2.45, 2.75) is 107 Å². The number of hydrogen-bond donors (Lipinski definition) is 0. The normalized spacial score (nSPS) is 13.8. The van der Waals surface area contributed by atoms with Gasteiger partial charge in [-0.2, -0.15) is 0 Å². The highest BCUT2D eigenvalue weighted by atomic mass is 16.5. The second-order valence-electron chi connectivity index (χ2n) is 8.71. The van der Waals surface area contributed by atoms with Crippen molar-refractivity contribution in [2.75, 3.05) is 6.61 Å². The number of allylic oxidation sites excluding steroid dienone is 9. The lowest BCUT2D eigenvalue weighted by molar-refractivity contribution is -0.138. The Balaban J connectivity index is 4.24. The number of ether oxygens (including phenoxy) is 1. The van der Waals surface area contributed by atoms with E-state index in [1.807, 2.05) is 20.8 Å². The number of carbonyl (C=O) groups excluding carboxylic acids is 1. The number of carbonyl (C=O) groups is 1. The summed E-state index contributed by atoms with van der Waals surface area (Å²) in [5, 5.41) is 0. The van der Waals surface area contributed by atoms with Crippen LogP contribution in [0.25, 0.3) is 0 Å². The quantitative estimate of drug-likeness (QED) is 0.161. The van der Waals surface area contributed by atoms with Gasteiger partial charge in [0.2, 0.25) is 0 Å². The molecule has 0 aromatic rings. The SMILES string of the molecule is CCOC(=O)/C(C)=C(\C)CC/C=C(\C)CC/C=C(\C)CC/C=C(\C)CCC=C(C)C. The first kappa shape index (κ1) is 28.2. The van der Waals surface area contributed by atoms with E-state index in [9.17, 15) is 4.79 Å². The Hall–Kier alpha value is -1.83. The van der Waals surface area contributed by atoms with Crippen molar-refractivity contribution < 1.29 is 9.53 Å². The van der Waals surface area contributed by atoms with Crippen LogP contribution in [-0.4, -0.2) is 12.6 Å². The Morgan fingerprint density at radius 1 is 0.633 bits per heavy atom. The maximum atomic E-state index is 11.8. The average Bonchev–Trinajstić information content (AvgIpc) is 2.67. The van der Waals surface area contributed by atoms with Crippen LogP contribution in [0, 0.1) is 0 Å². The summed E-state index contributed by atoms with van der Waals surface area (Å²) in [5.74, 6) is -0.186. The smallest absolute Gasteiger partial charge is 0.333 e. The van der Waals surface area contributed by atoms with Crippen molar-refractivity contribution >= 4 is 5.97 Å². The van der Waals surface area contributed by atoms with Crippen LogP contribution < -0.4 is 0 Å². The predicted octanol–water partition coefficient (Wildman–Crippen LogP) is 8.81.